The second-order valence-electron chi connectivity index (χ2n) is 5.62. The minimum atomic E-state index is -0.290. The molecule has 0 spiro atoms. The van der Waals surface area contributed by atoms with Crippen LogP contribution in [0.3, 0.4) is 0 Å². The fourth-order valence-corrected chi connectivity index (χ4v) is 3.09. The van der Waals surface area contributed by atoms with Crippen molar-refractivity contribution in [3.8, 4) is 0 Å². The third-order valence-corrected chi connectivity index (χ3v) is 4.13. The minimum absolute atomic E-state index is 0.100. The molecule has 0 aromatic carbocycles. The topological polar surface area (TPSA) is 91.0 Å². The van der Waals surface area contributed by atoms with E-state index in [-0.39, 0.29) is 23.7 Å². The summed E-state index contributed by atoms with van der Waals surface area (Å²) in [6.45, 7) is 2.29. The minimum Gasteiger partial charge on any atom is -0.339 e. The monoisotopic (exact) mass is 277 g/mol. The van der Waals surface area contributed by atoms with Crippen LogP contribution in [-0.4, -0.2) is 44.5 Å². The van der Waals surface area contributed by atoms with Gasteiger partial charge in [-0.3, -0.25) is 20.0 Å². The molecule has 2 heterocycles. The number of aryl methyl sites for hydroxylation is 1. The lowest BCUT2D eigenvalue weighted by Gasteiger charge is -2.23. The normalized spacial score (nSPS) is 23.6. The zero-order valence-electron chi connectivity index (χ0n) is 11.6. The Labute approximate surface area is 117 Å². The third-order valence-electron chi connectivity index (χ3n) is 4.13. The lowest BCUT2D eigenvalue weighted by molar-refractivity contribution is -0.129. The SMILES string of the molecule is Cc1nc(NC(=O)C2CC(=O)N(C3CCCC3)C2)n[nH]1. The Balaban J connectivity index is 1.60. The van der Waals surface area contributed by atoms with Gasteiger partial charge in [-0.1, -0.05) is 12.8 Å². The summed E-state index contributed by atoms with van der Waals surface area (Å²) >= 11 is 0. The van der Waals surface area contributed by atoms with Crippen molar-refractivity contribution in [1.29, 1.82) is 0 Å². The molecule has 1 atom stereocenters. The molecular formula is C13H19N5O2. The molecular weight excluding hydrogens is 258 g/mol. The van der Waals surface area contributed by atoms with E-state index in [2.05, 4.69) is 20.5 Å². The van der Waals surface area contributed by atoms with Crippen molar-refractivity contribution < 1.29 is 9.59 Å². The molecule has 7 nitrogen and oxygen atoms in total. The molecule has 2 N–H and O–H groups in total. The fraction of sp³-hybridized carbons (Fsp3) is 0.692. The summed E-state index contributed by atoms with van der Waals surface area (Å²) in [5.74, 6) is 0.567. The average Bonchev–Trinajstić information content (AvgIpc) is 3.10. The number of nitrogens with zero attached hydrogens (tertiary/aromatic N) is 3. The van der Waals surface area contributed by atoms with Crippen molar-refractivity contribution in [2.75, 3.05) is 11.9 Å². The number of nitrogens with one attached hydrogen (secondary N) is 2. The number of aromatic nitrogens is 3. The highest BCUT2D eigenvalue weighted by molar-refractivity contribution is 5.96. The molecule has 7 heteroatoms. The van der Waals surface area contributed by atoms with Gasteiger partial charge in [0, 0.05) is 19.0 Å². The van der Waals surface area contributed by atoms with E-state index in [9.17, 15) is 9.59 Å². The van der Waals surface area contributed by atoms with E-state index in [1.165, 1.54) is 12.8 Å². The van der Waals surface area contributed by atoms with Crippen LogP contribution >= 0.6 is 0 Å². The second-order valence-corrected chi connectivity index (χ2v) is 5.62. The predicted octanol–water partition coefficient (Wildman–Crippen LogP) is 0.843. The molecule has 2 aliphatic rings. The molecule has 1 aliphatic carbocycles. The van der Waals surface area contributed by atoms with Gasteiger partial charge < -0.3 is 4.90 Å². The smallest absolute Gasteiger partial charge is 0.248 e. The number of likely N-dealkylation sites (tertiary alicyclic amines) is 1. The quantitative estimate of drug-likeness (QED) is 0.856. The summed E-state index contributed by atoms with van der Waals surface area (Å²) in [6, 6.07) is 0.339. The van der Waals surface area contributed by atoms with Crippen molar-refractivity contribution in [2.45, 2.75) is 45.1 Å². The maximum absolute atomic E-state index is 12.1. The first-order valence-electron chi connectivity index (χ1n) is 7.13. The van der Waals surface area contributed by atoms with Crippen LogP contribution in [0, 0.1) is 12.8 Å². The van der Waals surface area contributed by atoms with Gasteiger partial charge in [0.2, 0.25) is 17.8 Å². The van der Waals surface area contributed by atoms with Gasteiger partial charge in [-0.15, -0.1) is 5.10 Å². The molecule has 1 saturated heterocycles. The number of rotatable bonds is 3. The van der Waals surface area contributed by atoms with Crippen LogP contribution in [-0.2, 0) is 9.59 Å². The molecule has 3 rings (SSSR count). The van der Waals surface area contributed by atoms with Gasteiger partial charge in [-0.05, 0) is 19.8 Å². The van der Waals surface area contributed by atoms with E-state index >= 15 is 0 Å². The maximum atomic E-state index is 12.1. The first kappa shape index (κ1) is 13.1. The van der Waals surface area contributed by atoms with E-state index in [0.717, 1.165) is 12.8 Å². The average molecular weight is 277 g/mol. The summed E-state index contributed by atoms with van der Waals surface area (Å²) in [4.78, 5) is 30.1. The highest BCUT2D eigenvalue weighted by atomic mass is 16.2. The van der Waals surface area contributed by atoms with Crippen LogP contribution in [0.25, 0.3) is 0 Å². The van der Waals surface area contributed by atoms with E-state index in [1.807, 2.05) is 4.90 Å². The lowest BCUT2D eigenvalue weighted by Crippen LogP contribution is -2.35. The van der Waals surface area contributed by atoms with Crippen LogP contribution in [0.4, 0.5) is 5.95 Å². The van der Waals surface area contributed by atoms with Crippen LogP contribution in [0.5, 0.6) is 0 Å². The number of carbonyl (C=O) groups is 2. The number of anilines is 1. The van der Waals surface area contributed by atoms with Crippen molar-refractivity contribution in [3.05, 3.63) is 5.82 Å². The Morgan fingerprint density at radius 1 is 1.40 bits per heavy atom. The molecule has 1 unspecified atom stereocenters. The Kier molecular flexibility index (Phi) is 3.42. The number of hydrogen-bond acceptors (Lipinski definition) is 4. The van der Waals surface area contributed by atoms with Crippen LogP contribution in [0.2, 0.25) is 0 Å². The Hall–Kier alpha value is -1.92. The summed E-state index contributed by atoms with van der Waals surface area (Å²) in [5.41, 5.74) is 0. The molecule has 1 aliphatic heterocycles. The number of amides is 2. The molecule has 1 aromatic rings. The molecule has 1 aromatic heterocycles. The fourth-order valence-electron chi connectivity index (χ4n) is 3.09. The Morgan fingerprint density at radius 3 is 2.80 bits per heavy atom. The van der Waals surface area contributed by atoms with E-state index in [0.29, 0.717) is 24.8 Å². The standard InChI is InChI=1S/C13H19N5O2/c1-8-14-13(17-16-8)15-12(20)9-6-11(19)18(7-9)10-4-2-3-5-10/h9-10H,2-7H2,1H3,(H2,14,15,16,17,20). The van der Waals surface area contributed by atoms with Crippen LogP contribution in [0.1, 0.15) is 37.9 Å². The van der Waals surface area contributed by atoms with Gasteiger partial charge in [-0.25, -0.2) is 0 Å². The van der Waals surface area contributed by atoms with Gasteiger partial charge in [0.1, 0.15) is 5.82 Å². The van der Waals surface area contributed by atoms with E-state index in [4.69, 9.17) is 0 Å². The van der Waals surface area contributed by atoms with E-state index in [1.54, 1.807) is 6.92 Å². The summed E-state index contributed by atoms with van der Waals surface area (Å²) in [7, 11) is 0. The van der Waals surface area contributed by atoms with Crippen molar-refractivity contribution >= 4 is 17.8 Å². The van der Waals surface area contributed by atoms with Crippen molar-refractivity contribution in [3.63, 3.8) is 0 Å². The molecule has 2 amide bonds. The third kappa shape index (κ3) is 2.52. The number of hydrogen-bond donors (Lipinski definition) is 2. The highest BCUT2D eigenvalue weighted by Crippen LogP contribution is 2.29. The van der Waals surface area contributed by atoms with Crippen LogP contribution < -0.4 is 5.32 Å². The molecule has 0 bridgehead atoms. The van der Waals surface area contributed by atoms with Gasteiger partial charge in [-0.2, -0.15) is 4.98 Å². The summed E-state index contributed by atoms with van der Waals surface area (Å²) < 4.78 is 0. The largest absolute Gasteiger partial charge is 0.339 e. The highest BCUT2D eigenvalue weighted by Gasteiger charge is 2.38. The molecule has 1 saturated carbocycles. The van der Waals surface area contributed by atoms with E-state index < -0.39 is 0 Å². The van der Waals surface area contributed by atoms with Gasteiger partial charge >= 0.3 is 0 Å². The number of carbonyl (C=O) groups excluding carboxylic acids is 2. The summed E-state index contributed by atoms with van der Waals surface area (Å²) in [6.07, 6.45) is 4.80. The number of aromatic amines is 1. The van der Waals surface area contributed by atoms with Gasteiger partial charge in [0.25, 0.3) is 0 Å². The number of H-pyrrole nitrogens is 1. The van der Waals surface area contributed by atoms with Crippen molar-refractivity contribution in [1.82, 2.24) is 20.1 Å². The van der Waals surface area contributed by atoms with Gasteiger partial charge in [0.05, 0.1) is 5.92 Å². The Morgan fingerprint density at radius 2 is 2.15 bits per heavy atom. The van der Waals surface area contributed by atoms with Gasteiger partial charge in [0.15, 0.2) is 0 Å². The molecule has 108 valence electrons. The van der Waals surface area contributed by atoms with Crippen molar-refractivity contribution in [2.24, 2.45) is 5.92 Å². The van der Waals surface area contributed by atoms with Crippen LogP contribution in [0.15, 0.2) is 0 Å². The molecule has 0 radical (unpaired) electrons. The zero-order chi connectivity index (χ0) is 14.1. The predicted molar refractivity (Wildman–Crippen MR) is 71.8 cm³/mol. The first-order chi connectivity index (χ1) is 9.63. The zero-order valence-corrected chi connectivity index (χ0v) is 11.6. The Bertz CT molecular complexity index is 521. The molecule has 20 heavy (non-hydrogen) atoms. The summed E-state index contributed by atoms with van der Waals surface area (Å²) in [5, 5.41) is 9.21. The first-order valence-corrected chi connectivity index (χ1v) is 7.13. The maximum Gasteiger partial charge on any atom is 0.248 e. The second kappa shape index (κ2) is 5.22. The molecule has 2 fully saturated rings. The lowest BCUT2D eigenvalue weighted by atomic mass is 10.1.